The van der Waals surface area contributed by atoms with Crippen molar-refractivity contribution in [2.45, 2.75) is 0 Å². The molecule has 1 aromatic carbocycles. The standard InChI is InChI=1S/C12H8BrFN4/c13-6-4-9-12(16-5-6)18-11(17-9)7-2-1-3-8(14)10(7)15/h1-5H,15H2,(H,16,17,18). The fourth-order valence-corrected chi connectivity index (χ4v) is 2.08. The molecule has 0 bridgehead atoms. The summed E-state index contributed by atoms with van der Waals surface area (Å²) in [6.45, 7) is 0. The van der Waals surface area contributed by atoms with Gasteiger partial charge in [-0.1, -0.05) is 6.07 Å². The minimum absolute atomic E-state index is 0.0793. The Bertz CT molecular complexity index is 738. The summed E-state index contributed by atoms with van der Waals surface area (Å²) < 4.78 is 14.2. The first-order valence-corrected chi connectivity index (χ1v) is 6.00. The molecule has 3 rings (SSSR count). The van der Waals surface area contributed by atoms with Crippen LogP contribution in [0.3, 0.4) is 0 Å². The third-order valence-corrected chi connectivity index (χ3v) is 3.05. The van der Waals surface area contributed by atoms with Crippen LogP contribution >= 0.6 is 15.9 Å². The van der Waals surface area contributed by atoms with Gasteiger partial charge in [-0.3, -0.25) is 0 Å². The van der Waals surface area contributed by atoms with E-state index in [9.17, 15) is 4.39 Å². The Labute approximate surface area is 110 Å². The van der Waals surface area contributed by atoms with Crippen molar-refractivity contribution in [2.24, 2.45) is 0 Å². The Morgan fingerprint density at radius 2 is 2.17 bits per heavy atom. The van der Waals surface area contributed by atoms with Crippen LogP contribution in [0.5, 0.6) is 0 Å². The smallest absolute Gasteiger partial charge is 0.178 e. The second-order valence-corrected chi connectivity index (χ2v) is 4.73. The van der Waals surface area contributed by atoms with Gasteiger partial charge in [-0.25, -0.2) is 14.4 Å². The first-order valence-electron chi connectivity index (χ1n) is 5.21. The lowest BCUT2D eigenvalue weighted by Crippen LogP contribution is -1.94. The zero-order valence-electron chi connectivity index (χ0n) is 9.11. The molecule has 0 unspecified atom stereocenters. The number of nitrogens with one attached hydrogen (secondary N) is 1. The first-order chi connectivity index (χ1) is 8.65. The van der Waals surface area contributed by atoms with Gasteiger partial charge >= 0.3 is 0 Å². The van der Waals surface area contributed by atoms with Gasteiger partial charge in [-0.15, -0.1) is 0 Å². The van der Waals surface area contributed by atoms with E-state index in [1.54, 1.807) is 18.3 Å². The number of aromatic nitrogens is 3. The number of H-pyrrole nitrogens is 1. The maximum Gasteiger partial charge on any atom is 0.178 e. The fraction of sp³-hybridized carbons (Fsp3) is 0. The van der Waals surface area contributed by atoms with Gasteiger partial charge < -0.3 is 10.7 Å². The number of nitrogens with zero attached hydrogens (tertiary/aromatic N) is 2. The Morgan fingerprint density at radius 1 is 1.33 bits per heavy atom. The average molecular weight is 307 g/mol. The molecule has 6 heteroatoms. The molecule has 3 N–H and O–H groups in total. The molecule has 3 aromatic rings. The number of nitrogens with two attached hydrogens (primary N) is 1. The summed E-state index contributed by atoms with van der Waals surface area (Å²) in [4.78, 5) is 11.5. The molecular formula is C12H8BrFN4. The van der Waals surface area contributed by atoms with Crippen molar-refractivity contribution in [3.8, 4) is 11.4 Å². The van der Waals surface area contributed by atoms with Crippen molar-refractivity contribution in [2.75, 3.05) is 5.73 Å². The monoisotopic (exact) mass is 306 g/mol. The molecule has 0 atom stereocenters. The predicted octanol–water partition coefficient (Wildman–Crippen LogP) is 3.11. The van der Waals surface area contributed by atoms with Crippen LogP contribution in [-0.4, -0.2) is 15.0 Å². The molecular weight excluding hydrogens is 299 g/mol. The average Bonchev–Trinajstić information content (AvgIpc) is 2.75. The minimum atomic E-state index is -0.456. The lowest BCUT2D eigenvalue weighted by molar-refractivity contribution is 0.633. The molecule has 0 aliphatic rings. The van der Waals surface area contributed by atoms with Crippen molar-refractivity contribution in [3.63, 3.8) is 0 Å². The number of rotatable bonds is 1. The number of fused-ring (bicyclic) bond motifs is 1. The van der Waals surface area contributed by atoms with Crippen LogP contribution in [0.4, 0.5) is 10.1 Å². The number of benzene rings is 1. The molecule has 0 saturated carbocycles. The number of pyridine rings is 1. The molecule has 18 heavy (non-hydrogen) atoms. The molecule has 2 aromatic heterocycles. The molecule has 90 valence electrons. The number of halogens is 2. The highest BCUT2D eigenvalue weighted by Crippen LogP contribution is 2.27. The zero-order chi connectivity index (χ0) is 12.7. The summed E-state index contributed by atoms with van der Waals surface area (Å²) in [5, 5.41) is 0. The lowest BCUT2D eigenvalue weighted by atomic mass is 10.1. The minimum Gasteiger partial charge on any atom is -0.396 e. The van der Waals surface area contributed by atoms with Gasteiger partial charge in [0.25, 0.3) is 0 Å². The highest BCUT2D eigenvalue weighted by atomic mass is 79.9. The third kappa shape index (κ3) is 1.74. The molecule has 0 spiro atoms. The van der Waals surface area contributed by atoms with Gasteiger partial charge in [0.05, 0.1) is 11.2 Å². The predicted molar refractivity (Wildman–Crippen MR) is 71.4 cm³/mol. The lowest BCUT2D eigenvalue weighted by Gasteiger charge is -2.02. The number of hydrogen-bond acceptors (Lipinski definition) is 3. The Kier molecular flexibility index (Phi) is 2.52. The fourth-order valence-electron chi connectivity index (χ4n) is 1.75. The van der Waals surface area contributed by atoms with Crippen LogP contribution in [0.25, 0.3) is 22.6 Å². The maximum absolute atomic E-state index is 13.4. The van der Waals surface area contributed by atoms with E-state index in [-0.39, 0.29) is 5.69 Å². The van der Waals surface area contributed by atoms with Crippen molar-refractivity contribution in [3.05, 3.63) is 40.8 Å². The Hall–Kier alpha value is -1.95. The molecule has 0 aliphatic carbocycles. The van der Waals surface area contributed by atoms with Crippen LogP contribution in [0, 0.1) is 5.82 Å². The number of anilines is 1. The summed E-state index contributed by atoms with van der Waals surface area (Å²) in [7, 11) is 0. The second-order valence-electron chi connectivity index (χ2n) is 3.81. The molecule has 0 saturated heterocycles. The number of imidazole rings is 1. The first kappa shape index (κ1) is 11.2. The van der Waals surface area contributed by atoms with E-state index in [0.29, 0.717) is 17.0 Å². The molecule has 4 nitrogen and oxygen atoms in total. The van der Waals surface area contributed by atoms with Crippen LogP contribution in [0.1, 0.15) is 0 Å². The van der Waals surface area contributed by atoms with Crippen molar-refractivity contribution >= 4 is 32.8 Å². The summed E-state index contributed by atoms with van der Waals surface area (Å²) in [5.74, 6) is 0.0506. The normalized spacial score (nSPS) is 11.0. The van der Waals surface area contributed by atoms with E-state index in [2.05, 4.69) is 30.9 Å². The molecule has 0 fully saturated rings. The van der Waals surface area contributed by atoms with Crippen LogP contribution < -0.4 is 5.73 Å². The van der Waals surface area contributed by atoms with Gasteiger partial charge in [-0.2, -0.15) is 0 Å². The van der Waals surface area contributed by atoms with Crippen molar-refractivity contribution < 1.29 is 4.39 Å². The van der Waals surface area contributed by atoms with E-state index >= 15 is 0 Å². The third-order valence-electron chi connectivity index (χ3n) is 2.61. The van der Waals surface area contributed by atoms with Gasteiger partial charge in [0, 0.05) is 16.2 Å². The van der Waals surface area contributed by atoms with Gasteiger partial charge in [-0.05, 0) is 34.1 Å². The zero-order valence-corrected chi connectivity index (χ0v) is 10.7. The molecule has 0 aliphatic heterocycles. The number of nitrogen functional groups attached to an aromatic ring is 1. The van der Waals surface area contributed by atoms with Gasteiger partial charge in [0.15, 0.2) is 5.65 Å². The van der Waals surface area contributed by atoms with E-state index in [0.717, 1.165) is 9.99 Å². The van der Waals surface area contributed by atoms with E-state index in [1.165, 1.54) is 6.07 Å². The second kappa shape index (κ2) is 4.06. The van der Waals surface area contributed by atoms with E-state index < -0.39 is 5.82 Å². The highest BCUT2D eigenvalue weighted by molar-refractivity contribution is 9.10. The Morgan fingerprint density at radius 3 is 3.00 bits per heavy atom. The van der Waals surface area contributed by atoms with Crippen LogP contribution in [0.15, 0.2) is 34.9 Å². The Balaban J connectivity index is 2.22. The number of hydrogen-bond donors (Lipinski definition) is 2. The van der Waals surface area contributed by atoms with Crippen LogP contribution in [-0.2, 0) is 0 Å². The van der Waals surface area contributed by atoms with E-state index in [4.69, 9.17) is 5.73 Å². The number of aromatic amines is 1. The van der Waals surface area contributed by atoms with Gasteiger partial charge in [0.2, 0.25) is 0 Å². The maximum atomic E-state index is 13.4. The van der Waals surface area contributed by atoms with Crippen LogP contribution in [0.2, 0.25) is 0 Å². The largest absolute Gasteiger partial charge is 0.396 e. The summed E-state index contributed by atoms with van der Waals surface area (Å²) in [6, 6.07) is 6.48. The van der Waals surface area contributed by atoms with Crippen molar-refractivity contribution in [1.29, 1.82) is 0 Å². The quantitative estimate of drug-likeness (QED) is 0.679. The summed E-state index contributed by atoms with van der Waals surface area (Å²) >= 11 is 3.33. The van der Waals surface area contributed by atoms with E-state index in [1.807, 2.05) is 6.07 Å². The summed E-state index contributed by atoms with van der Waals surface area (Å²) in [5.41, 5.74) is 7.65. The van der Waals surface area contributed by atoms with Gasteiger partial charge in [0.1, 0.15) is 11.6 Å². The number of para-hydroxylation sites is 1. The SMILES string of the molecule is Nc1c(F)cccc1-c1nc2ncc(Br)cc2[nH]1. The molecule has 0 amide bonds. The topological polar surface area (TPSA) is 67.6 Å². The molecule has 0 radical (unpaired) electrons. The van der Waals surface area contributed by atoms with Crippen molar-refractivity contribution in [1.82, 2.24) is 15.0 Å². The molecule has 2 heterocycles. The highest BCUT2D eigenvalue weighted by Gasteiger charge is 2.11. The summed E-state index contributed by atoms with van der Waals surface area (Å²) in [6.07, 6.45) is 1.65.